The molecule has 4 nitrogen and oxygen atoms in total. The first-order valence-corrected chi connectivity index (χ1v) is 7.23. The van der Waals surface area contributed by atoms with Gasteiger partial charge in [0, 0.05) is 18.7 Å². The van der Waals surface area contributed by atoms with Gasteiger partial charge in [-0.15, -0.1) is 0 Å². The van der Waals surface area contributed by atoms with Crippen LogP contribution in [-0.2, 0) is 24.3 Å². The molecule has 2 aromatic carbocycles. The molecule has 0 saturated heterocycles. The Balaban J connectivity index is 1.92. The van der Waals surface area contributed by atoms with Crippen LogP contribution in [0.4, 0.5) is 8.78 Å². The average molecular weight is 318 g/mol. The second-order valence-corrected chi connectivity index (χ2v) is 5.67. The molecule has 3 N–H and O–H groups in total. The summed E-state index contributed by atoms with van der Waals surface area (Å²) in [5, 5.41) is 9.39. The van der Waals surface area contributed by atoms with E-state index in [1.165, 1.54) is 6.07 Å². The van der Waals surface area contributed by atoms with E-state index in [1.54, 1.807) is 4.90 Å². The van der Waals surface area contributed by atoms with Gasteiger partial charge < -0.3 is 10.8 Å². The van der Waals surface area contributed by atoms with Gasteiger partial charge in [-0.1, -0.05) is 30.3 Å². The zero-order valence-electron chi connectivity index (χ0n) is 12.3. The molecule has 120 valence electrons. The molecule has 0 aromatic heterocycles. The average Bonchev–Trinajstić information content (AvgIpc) is 2.54. The number of nitrogens with zero attached hydrogens (tertiary/aromatic N) is 1. The van der Waals surface area contributed by atoms with Crippen molar-refractivity contribution in [2.75, 3.05) is 0 Å². The standard InChI is InChI=1S/C17H16F2N2O2/c18-13-6-5-12(15(19)16(13)22)9-21-8-11-4-2-1-3-10(11)7-14(21)17(20)23/h1-6,14,22H,7-9H2,(H2,20,23). The first-order chi connectivity index (χ1) is 11.0. The summed E-state index contributed by atoms with van der Waals surface area (Å²) in [6.45, 7) is 0.489. The third-order valence-electron chi connectivity index (χ3n) is 4.19. The lowest BCUT2D eigenvalue weighted by Gasteiger charge is -2.35. The lowest BCUT2D eigenvalue weighted by Crippen LogP contribution is -2.48. The molecule has 0 bridgehead atoms. The van der Waals surface area contributed by atoms with E-state index in [0.29, 0.717) is 13.0 Å². The molecule has 1 heterocycles. The maximum Gasteiger partial charge on any atom is 0.235 e. The van der Waals surface area contributed by atoms with Crippen molar-refractivity contribution < 1.29 is 18.7 Å². The van der Waals surface area contributed by atoms with Crippen LogP contribution in [0.25, 0.3) is 0 Å². The number of phenolic OH excluding ortho intramolecular Hbond substituents is 1. The van der Waals surface area contributed by atoms with Crippen LogP contribution in [0.1, 0.15) is 16.7 Å². The van der Waals surface area contributed by atoms with Crippen molar-refractivity contribution in [3.8, 4) is 5.75 Å². The van der Waals surface area contributed by atoms with Crippen LogP contribution in [-0.4, -0.2) is 22.0 Å². The minimum Gasteiger partial charge on any atom is -0.503 e. The highest BCUT2D eigenvalue weighted by Crippen LogP contribution is 2.28. The maximum atomic E-state index is 14.0. The Labute approximate surface area is 132 Å². The van der Waals surface area contributed by atoms with Crippen LogP contribution >= 0.6 is 0 Å². The van der Waals surface area contributed by atoms with Gasteiger partial charge in [0.1, 0.15) is 0 Å². The molecule has 1 aliphatic rings. The largest absolute Gasteiger partial charge is 0.503 e. The summed E-state index contributed by atoms with van der Waals surface area (Å²) < 4.78 is 27.2. The molecule has 1 amide bonds. The number of hydrogen-bond donors (Lipinski definition) is 2. The molecule has 1 atom stereocenters. The Morgan fingerprint density at radius 1 is 1.22 bits per heavy atom. The third kappa shape index (κ3) is 2.90. The number of aromatic hydroxyl groups is 1. The topological polar surface area (TPSA) is 66.6 Å². The highest BCUT2D eigenvalue weighted by atomic mass is 19.1. The van der Waals surface area contributed by atoms with E-state index >= 15 is 0 Å². The van der Waals surface area contributed by atoms with Gasteiger partial charge in [0.2, 0.25) is 5.91 Å². The molecule has 0 saturated carbocycles. The van der Waals surface area contributed by atoms with E-state index in [0.717, 1.165) is 17.2 Å². The fraction of sp³-hybridized carbons (Fsp3) is 0.235. The SMILES string of the molecule is NC(=O)C1Cc2ccccc2CN1Cc1ccc(F)c(O)c1F. The molecule has 1 unspecified atom stereocenters. The number of benzene rings is 2. The van der Waals surface area contributed by atoms with Crippen molar-refractivity contribution >= 4 is 5.91 Å². The second kappa shape index (κ2) is 5.96. The number of amides is 1. The van der Waals surface area contributed by atoms with Gasteiger partial charge in [0.15, 0.2) is 17.4 Å². The van der Waals surface area contributed by atoms with Crippen molar-refractivity contribution in [2.24, 2.45) is 5.73 Å². The lowest BCUT2D eigenvalue weighted by atomic mass is 9.93. The number of nitrogens with two attached hydrogens (primary N) is 1. The third-order valence-corrected chi connectivity index (χ3v) is 4.19. The van der Waals surface area contributed by atoms with Crippen molar-refractivity contribution in [3.63, 3.8) is 0 Å². The number of carbonyl (C=O) groups is 1. The van der Waals surface area contributed by atoms with Crippen LogP contribution in [0.5, 0.6) is 5.75 Å². The number of fused-ring (bicyclic) bond motifs is 1. The van der Waals surface area contributed by atoms with Crippen LogP contribution in [0, 0.1) is 11.6 Å². The van der Waals surface area contributed by atoms with E-state index in [1.807, 2.05) is 24.3 Å². The molecule has 0 fully saturated rings. The molecule has 0 spiro atoms. The molecular formula is C17H16F2N2O2. The van der Waals surface area contributed by atoms with Gasteiger partial charge in [0.25, 0.3) is 0 Å². The number of carbonyl (C=O) groups excluding carboxylic acids is 1. The number of phenols is 1. The van der Waals surface area contributed by atoms with Crippen LogP contribution in [0.3, 0.4) is 0 Å². The van der Waals surface area contributed by atoms with Gasteiger partial charge in [-0.05, 0) is 23.6 Å². The first kappa shape index (κ1) is 15.4. The molecule has 2 aromatic rings. The Morgan fingerprint density at radius 2 is 1.91 bits per heavy atom. The monoisotopic (exact) mass is 318 g/mol. The second-order valence-electron chi connectivity index (χ2n) is 5.67. The number of hydrogen-bond acceptors (Lipinski definition) is 3. The molecule has 1 aliphatic heterocycles. The summed E-state index contributed by atoms with van der Waals surface area (Å²) in [5.74, 6) is -3.52. The molecule has 0 radical (unpaired) electrons. The fourth-order valence-electron chi connectivity index (χ4n) is 2.95. The minimum atomic E-state index is -1.01. The molecule has 23 heavy (non-hydrogen) atoms. The van der Waals surface area contributed by atoms with Crippen LogP contribution in [0.15, 0.2) is 36.4 Å². The maximum absolute atomic E-state index is 14.0. The predicted octanol–water partition coefficient (Wildman–Crippen LogP) is 2.08. The van der Waals surface area contributed by atoms with Gasteiger partial charge in [0.05, 0.1) is 6.04 Å². The summed E-state index contributed by atoms with van der Waals surface area (Å²) in [5.41, 5.74) is 7.67. The Bertz CT molecular complexity index is 764. The van der Waals surface area contributed by atoms with Gasteiger partial charge in [-0.25, -0.2) is 8.78 Å². The van der Waals surface area contributed by atoms with Gasteiger partial charge in [-0.3, -0.25) is 9.69 Å². The highest BCUT2D eigenvalue weighted by Gasteiger charge is 2.30. The predicted molar refractivity (Wildman–Crippen MR) is 80.4 cm³/mol. The molecular weight excluding hydrogens is 302 g/mol. The molecule has 6 heteroatoms. The Kier molecular flexibility index (Phi) is 4.00. The van der Waals surface area contributed by atoms with E-state index < -0.39 is 29.3 Å². The van der Waals surface area contributed by atoms with Crippen LogP contribution < -0.4 is 5.73 Å². The normalized spacial score (nSPS) is 17.7. The van der Waals surface area contributed by atoms with Crippen molar-refractivity contribution in [2.45, 2.75) is 25.6 Å². The van der Waals surface area contributed by atoms with E-state index in [-0.39, 0.29) is 12.1 Å². The zero-order chi connectivity index (χ0) is 16.6. The fourth-order valence-corrected chi connectivity index (χ4v) is 2.95. The first-order valence-electron chi connectivity index (χ1n) is 7.23. The van der Waals surface area contributed by atoms with Gasteiger partial charge in [-0.2, -0.15) is 0 Å². The number of rotatable bonds is 3. The van der Waals surface area contributed by atoms with Crippen molar-refractivity contribution in [1.29, 1.82) is 0 Å². The lowest BCUT2D eigenvalue weighted by molar-refractivity contribution is -0.124. The van der Waals surface area contributed by atoms with E-state index in [2.05, 4.69) is 0 Å². The quantitative estimate of drug-likeness (QED) is 0.910. The minimum absolute atomic E-state index is 0.0572. The summed E-state index contributed by atoms with van der Waals surface area (Å²) in [7, 11) is 0. The summed E-state index contributed by atoms with van der Waals surface area (Å²) >= 11 is 0. The smallest absolute Gasteiger partial charge is 0.235 e. The van der Waals surface area contributed by atoms with E-state index in [9.17, 15) is 18.7 Å². The summed E-state index contributed by atoms with van der Waals surface area (Å²) in [4.78, 5) is 13.5. The van der Waals surface area contributed by atoms with Gasteiger partial charge >= 0.3 is 0 Å². The highest BCUT2D eigenvalue weighted by molar-refractivity contribution is 5.80. The van der Waals surface area contributed by atoms with Crippen LogP contribution in [0.2, 0.25) is 0 Å². The zero-order valence-corrected chi connectivity index (χ0v) is 12.3. The summed E-state index contributed by atoms with van der Waals surface area (Å²) in [6, 6.07) is 9.37. The molecule has 3 rings (SSSR count). The van der Waals surface area contributed by atoms with Crippen molar-refractivity contribution in [3.05, 3.63) is 64.7 Å². The summed E-state index contributed by atoms with van der Waals surface area (Å²) in [6.07, 6.45) is 0.445. The Hall–Kier alpha value is -2.47. The molecule has 0 aliphatic carbocycles. The van der Waals surface area contributed by atoms with E-state index in [4.69, 9.17) is 5.73 Å². The van der Waals surface area contributed by atoms with Crippen molar-refractivity contribution in [1.82, 2.24) is 4.90 Å². The Morgan fingerprint density at radius 3 is 2.61 bits per heavy atom. The number of halogens is 2. The number of primary amides is 1.